The van der Waals surface area contributed by atoms with E-state index in [2.05, 4.69) is 0 Å². The monoisotopic (exact) mass is 398 g/mol. The fourth-order valence-electron chi connectivity index (χ4n) is 3.66. The van der Waals surface area contributed by atoms with E-state index in [9.17, 15) is 15.0 Å². The van der Waals surface area contributed by atoms with E-state index >= 15 is 0 Å². The van der Waals surface area contributed by atoms with Crippen LogP contribution < -0.4 is 14.4 Å². The van der Waals surface area contributed by atoms with Crippen molar-refractivity contribution in [1.82, 2.24) is 0 Å². The number of rotatable bonds is 7. The first-order valence-electron chi connectivity index (χ1n) is 9.84. The van der Waals surface area contributed by atoms with Gasteiger partial charge < -0.3 is 24.6 Å². The molecule has 154 valence electrons. The van der Waals surface area contributed by atoms with Crippen molar-refractivity contribution in [2.45, 2.75) is 25.8 Å². The smallest absolute Gasteiger partial charge is 0.200 e. The summed E-state index contributed by atoms with van der Waals surface area (Å²) in [6.45, 7) is 2.92. The normalized spacial score (nSPS) is 14.8. The van der Waals surface area contributed by atoms with Gasteiger partial charge in [0.1, 0.15) is 12.3 Å². The van der Waals surface area contributed by atoms with Gasteiger partial charge in [-0.15, -0.1) is 0 Å². The molecule has 3 N–H and O–H groups in total. The molecule has 0 amide bonds. The van der Waals surface area contributed by atoms with Crippen LogP contribution in [0.3, 0.4) is 0 Å². The molecule has 1 aliphatic heterocycles. The number of allylic oxidation sites excluding steroid dienone is 1. The van der Waals surface area contributed by atoms with Crippen molar-refractivity contribution in [3.05, 3.63) is 53.1 Å². The largest absolute Gasteiger partial charge is 0.507 e. The van der Waals surface area contributed by atoms with Crippen LogP contribution in [0.4, 0.5) is 0 Å². The number of hydrogen-bond donors (Lipinski definition) is 3. The van der Waals surface area contributed by atoms with E-state index in [1.54, 1.807) is 36.4 Å². The fraction of sp³-hybridized carbons (Fsp3) is 0.348. The van der Waals surface area contributed by atoms with Gasteiger partial charge >= 0.3 is 0 Å². The molecule has 0 radical (unpaired) electrons. The molecule has 6 heteroatoms. The van der Waals surface area contributed by atoms with E-state index in [0.29, 0.717) is 11.1 Å². The second-order valence-electron chi connectivity index (χ2n) is 7.30. The minimum atomic E-state index is -0.161. The Labute approximate surface area is 171 Å². The third-order valence-electron chi connectivity index (χ3n) is 5.29. The van der Waals surface area contributed by atoms with Crippen LogP contribution in [-0.4, -0.2) is 43.3 Å². The van der Waals surface area contributed by atoms with E-state index in [1.165, 1.54) is 44.5 Å². The highest BCUT2D eigenvalue weighted by Crippen LogP contribution is 2.37. The summed E-state index contributed by atoms with van der Waals surface area (Å²) in [5, 5.41) is 20.2. The number of nitrogens with one attached hydrogen (secondary N) is 1. The number of piperidine rings is 1. The number of phenolic OH excluding ortho intramolecular Hbond substituents is 2. The summed E-state index contributed by atoms with van der Waals surface area (Å²) < 4.78 is 10.3. The van der Waals surface area contributed by atoms with Gasteiger partial charge in [0.15, 0.2) is 17.3 Å². The highest BCUT2D eigenvalue weighted by atomic mass is 16.5. The maximum absolute atomic E-state index is 12.7. The average Bonchev–Trinajstić information content (AvgIpc) is 2.75. The number of methoxy groups -OCH3 is 2. The number of carbonyl (C=O) groups is 1. The number of phenols is 2. The average molecular weight is 398 g/mol. The van der Waals surface area contributed by atoms with Gasteiger partial charge in [-0.1, -0.05) is 6.08 Å². The van der Waals surface area contributed by atoms with E-state index in [0.717, 1.165) is 25.2 Å². The van der Waals surface area contributed by atoms with Crippen molar-refractivity contribution in [3.63, 3.8) is 0 Å². The van der Waals surface area contributed by atoms with Gasteiger partial charge in [0.05, 0.1) is 27.3 Å². The molecule has 0 atom stereocenters. The zero-order valence-corrected chi connectivity index (χ0v) is 16.9. The Morgan fingerprint density at radius 2 is 1.69 bits per heavy atom. The van der Waals surface area contributed by atoms with E-state index < -0.39 is 0 Å². The van der Waals surface area contributed by atoms with Crippen molar-refractivity contribution in [2.75, 3.05) is 27.3 Å². The van der Waals surface area contributed by atoms with E-state index in [-0.39, 0.29) is 28.8 Å². The molecule has 0 aliphatic carbocycles. The van der Waals surface area contributed by atoms with Gasteiger partial charge in [0, 0.05) is 11.1 Å². The quantitative estimate of drug-likeness (QED) is 0.493. The standard InChI is InChI=1S/C23H27NO5/c1-28-21-12-16(13-22(29-2)23(21)27)6-8-19(25)17-7-9-20(26)18(14-17)15-24-10-4-3-5-11-24/h6-9,12-14,26-27H,3-5,10-11,15H2,1-2H3/p+1/b8-6+. The molecule has 1 aliphatic rings. The number of aromatic hydroxyl groups is 2. The highest BCUT2D eigenvalue weighted by molar-refractivity contribution is 6.07. The van der Waals surface area contributed by atoms with Crippen LogP contribution in [0.25, 0.3) is 6.08 Å². The Kier molecular flexibility index (Phi) is 6.77. The zero-order chi connectivity index (χ0) is 20.8. The number of hydrogen-bond acceptors (Lipinski definition) is 5. The molecule has 0 aromatic heterocycles. The summed E-state index contributed by atoms with van der Waals surface area (Å²) in [5.74, 6) is 0.533. The topological polar surface area (TPSA) is 80.4 Å². The summed E-state index contributed by atoms with van der Waals surface area (Å²) in [7, 11) is 2.91. The molecule has 0 saturated carbocycles. The van der Waals surface area contributed by atoms with Crippen molar-refractivity contribution in [2.24, 2.45) is 0 Å². The maximum Gasteiger partial charge on any atom is 0.200 e. The molecular weight excluding hydrogens is 370 g/mol. The molecule has 1 heterocycles. The van der Waals surface area contributed by atoms with Crippen LogP contribution in [0.1, 0.15) is 40.7 Å². The first kappa shape index (κ1) is 20.7. The van der Waals surface area contributed by atoms with Crippen molar-refractivity contribution in [1.29, 1.82) is 0 Å². The number of likely N-dealkylation sites (tertiary alicyclic amines) is 1. The Hall–Kier alpha value is -2.99. The zero-order valence-electron chi connectivity index (χ0n) is 16.9. The molecule has 3 rings (SSSR count). The summed E-state index contributed by atoms with van der Waals surface area (Å²) in [6, 6.07) is 8.26. The van der Waals surface area contributed by atoms with E-state index in [1.807, 2.05) is 0 Å². The van der Waals surface area contributed by atoms with Gasteiger partial charge in [-0.3, -0.25) is 4.79 Å². The highest BCUT2D eigenvalue weighted by Gasteiger charge is 2.17. The molecule has 1 fully saturated rings. The van der Waals surface area contributed by atoms with Crippen LogP contribution in [-0.2, 0) is 6.54 Å². The summed E-state index contributed by atoms with van der Waals surface area (Å²) >= 11 is 0. The van der Waals surface area contributed by atoms with Crippen molar-refractivity contribution >= 4 is 11.9 Å². The first-order valence-corrected chi connectivity index (χ1v) is 9.84. The molecule has 29 heavy (non-hydrogen) atoms. The SMILES string of the molecule is COc1cc(/C=C/C(=O)c2ccc(O)c(C[NH+]3CCCCC3)c2)cc(OC)c1O. The molecule has 2 aromatic carbocycles. The first-order chi connectivity index (χ1) is 14.0. The Balaban J connectivity index is 1.77. The van der Waals surface area contributed by atoms with Gasteiger partial charge in [-0.05, 0) is 61.2 Å². The van der Waals surface area contributed by atoms with Crippen LogP contribution >= 0.6 is 0 Å². The molecule has 2 aromatic rings. The number of ketones is 1. The maximum atomic E-state index is 12.7. The summed E-state index contributed by atoms with van der Waals surface area (Å²) in [6.07, 6.45) is 6.80. The molecule has 0 spiro atoms. The summed E-state index contributed by atoms with van der Waals surface area (Å²) in [5.41, 5.74) is 2.00. The second-order valence-corrected chi connectivity index (χ2v) is 7.30. The fourth-order valence-corrected chi connectivity index (χ4v) is 3.66. The third-order valence-corrected chi connectivity index (χ3v) is 5.29. The lowest BCUT2D eigenvalue weighted by atomic mass is 10.0. The van der Waals surface area contributed by atoms with Gasteiger partial charge in [-0.25, -0.2) is 0 Å². The predicted molar refractivity (Wildman–Crippen MR) is 111 cm³/mol. The van der Waals surface area contributed by atoms with Crippen LogP contribution in [0.15, 0.2) is 36.4 Å². The third kappa shape index (κ3) is 5.09. The molecule has 0 bridgehead atoms. The summed E-state index contributed by atoms with van der Waals surface area (Å²) in [4.78, 5) is 14.1. The minimum absolute atomic E-state index is 0.0816. The van der Waals surface area contributed by atoms with E-state index in [4.69, 9.17) is 9.47 Å². The number of ether oxygens (including phenoxy) is 2. The van der Waals surface area contributed by atoms with Crippen LogP contribution in [0, 0.1) is 0 Å². The Morgan fingerprint density at radius 3 is 2.31 bits per heavy atom. The van der Waals surface area contributed by atoms with Gasteiger partial charge in [0.2, 0.25) is 5.75 Å². The lowest BCUT2D eigenvalue weighted by molar-refractivity contribution is -0.918. The van der Waals surface area contributed by atoms with Gasteiger partial charge in [0.25, 0.3) is 0 Å². The predicted octanol–water partition coefficient (Wildman–Crippen LogP) is 2.58. The van der Waals surface area contributed by atoms with Crippen molar-refractivity contribution in [3.8, 4) is 23.0 Å². The molecule has 6 nitrogen and oxygen atoms in total. The number of quaternary nitrogens is 1. The van der Waals surface area contributed by atoms with Gasteiger partial charge in [-0.2, -0.15) is 0 Å². The lowest BCUT2D eigenvalue weighted by Gasteiger charge is -2.23. The Morgan fingerprint density at radius 1 is 1.03 bits per heavy atom. The molecule has 0 unspecified atom stereocenters. The number of benzene rings is 2. The van der Waals surface area contributed by atoms with Crippen LogP contribution in [0.2, 0.25) is 0 Å². The lowest BCUT2D eigenvalue weighted by Crippen LogP contribution is -3.11. The minimum Gasteiger partial charge on any atom is -0.507 e. The second kappa shape index (κ2) is 9.47. The van der Waals surface area contributed by atoms with Crippen LogP contribution in [0.5, 0.6) is 23.0 Å². The molecular formula is C23H28NO5+. The number of carbonyl (C=O) groups excluding carboxylic acids is 1. The molecule has 1 saturated heterocycles. The Bertz CT molecular complexity index is 875. The van der Waals surface area contributed by atoms with Crippen molar-refractivity contribution < 1.29 is 29.4 Å².